The van der Waals surface area contributed by atoms with Crippen molar-refractivity contribution in [3.05, 3.63) is 0 Å². The second kappa shape index (κ2) is 77.8. The second-order valence-electron chi connectivity index (χ2n) is 0. The third-order valence-corrected chi connectivity index (χ3v) is 0. The molecule has 0 aromatic rings. The Bertz CT molecular complexity index is 15.5. The zero-order chi connectivity index (χ0) is 2.00. The summed E-state index contributed by atoms with van der Waals surface area (Å²) >= 11 is 0. The first kappa shape index (κ1) is 48.1. The Kier molecular flexibility index (Phi) is 624. The molecule has 0 heterocycles. The van der Waals surface area contributed by atoms with Crippen LogP contribution in [-0.2, 0) is 23.9 Å². The van der Waals surface area contributed by atoms with Gasteiger partial charge in [0.15, 0.2) is 0 Å². The minimum absolute atomic E-state index is 0. The standard InChI is InChI=1S/B.Li.OSi.H2S.Zn/c;;1-2;;/h;;;1H2;. The van der Waals surface area contributed by atoms with Crippen LogP contribution in [0.4, 0.5) is 0 Å². The van der Waals surface area contributed by atoms with Crippen LogP contribution >= 0.6 is 13.5 Å². The fourth-order valence-corrected chi connectivity index (χ4v) is 0. The Labute approximate surface area is 74.5 Å². The molecule has 6 heavy (non-hydrogen) atoms. The van der Waals surface area contributed by atoms with Gasteiger partial charge < -0.3 is 4.46 Å². The van der Waals surface area contributed by atoms with Crippen molar-refractivity contribution in [3.8, 4) is 0 Å². The summed E-state index contributed by atoms with van der Waals surface area (Å²) in [4.78, 5) is 0. The zero-order valence-electron chi connectivity index (χ0n) is 3.69. The van der Waals surface area contributed by atoms with Gasteiger partial charge in [0.2, 0.25) is 0 Å². The van der Waals surface area contributed by atoms with Gasteiger partial charge in [-0.2, -0.15) is 13.5 Å². The van der Waals surface area contributed by atoms with Gasteiger partial charge in [0, 0.05) is 46.8 Å². The van der Waals surface area contributed by atoms with E-state index in [4.69, 9.17) is 4.46 Å². The molecule has 0 aromatic carbocycles. The fourth-order valence-electron chi connectivity index (χ4n) is 0. The minimum atomic E-state index is 0. The van der Waals surface area contributed by atoms with Gasteiger partial charge in [-0.05, 0) is 0 Å². The average Bonchev–Trinajstić information content (AvgIpc) is 1.00. The summed E-state index contributed by atoms with van der Waals surface area (Å²) in [6.07, 6.45) is 0. The van der Waals surface area contributed by atoms with Gasteiger partial charge in [0.05, 0.1) is 0 Å². The number of hydrogen-bond acceptors (Lipinski definition) is 1. The van der Waals surface area contributed by atoms with E-state index in [1.54, 1.807) is 10.1 Å². The van der Waals surface area contributed by atoms with Gasteiger partial charge in [-0.15, -0.1) is 0 Å². The van der Waals surface area contributed by atoms with Crippen LogP contribution in [0.2, 0.25) is 0 Å². The summed E-state index contributed by atoms with van der Waals surface area (Å²) < 4.78 is 8.06. The van der Waals surface area contributed by atoms with Crippen molar-refractivity contribution >= 4 is 50.9 Å². The first-order valence-electron chi connectivity index (χ1n) is 0.204. The van der Waals surface area contributed by atoms with Crippen LogP contribution in [-0.4, -0.2) is 37.4 Å². The molecule has 0 unspecified atom stereocenters. The molecule has 0 fully saturated rings. The molecule has 6 heteroatoms. The predicted octanol–water partition coefficient (Wildman–Crippen LogP) is -1.15. The van der Waals surface area contributed by atoms with E-state index in [9.17, 15) is 0 Å². The maximum atomic E-state index is 8.06. The maximum Gasteiger partial charge on any atom is 0.381 e. The van der Waals surface area contributed by atoms with E-state index in [0.29, 0.717) is 0 Å². The molecule has 0 bridgehead atoms. The van der Waals surface area contributed by atoms with Crippen molar-refractivity contribution in [2.24, 2.45) is 0 Å². The van der Waals surface area contributed by atoms with Crippen LogP contribution in [0.15, 0.2) is 0 Å². The average molecular weight is 161 g/mol. The SMILES string of the molecule is O=[Si].S.[B].[Li].[Zn]. The van der Waals surface area contributed by atoms with Crippen molar-refractivity contribution in [1.82, 2.24) is 0 Å². The molecule has 0 N–H and O–H groups in total. The van der Waals surface area contributed by atoms with Gasteiger partial charge >= 0.3 is 10.1 Å². The molecule has 0 rings (SSSR count). The number of hydrogen-bond donors (Lipinski definition) is 0. The Morgan fingerprint density at radius 3 is 1.17 bits per heavy atom. The summed E-state index contributed by atoms with van der Waals surface area (Å²) in [7, 11) is 1.72. The van der Waals surface area contributed by atoms with Crippen LogP contribution in [0.1, 0.15) is 0 Å². The van der Waals surface area contributed by atoms with E-state index in [-0.39, 0.29) is 60.2 Å². The third kappa shape index (κ3) is 44.8. The van der Waals surface area contributed by atoms with E-state index in [0.717, 1.165) is 0 Å². The minimum Gasteiger partial charge on any atom is -0.381 e. The first-order valence-corrected chi connectivity index (χ1v) is 0.612. The van der Waals surface area contributed by atoms with Crippen LogP contribution < -0.4 is 0 Å². The smallest absolute Gasteiger partial charge is 0.381 e. The first-order chi connectivity index (χ1) is 1.00. The quantitative estimate of drug-likeness (QED) is 0.410. The molecule has 24 valence electrons. The van der Waals surface area contributed by atoms with Gasteiger partial charge in [0.1, 0.15) is 0 Å². The van der Waals surface area contributed by atoms with Crippen molar-refractivity contribution in [2.75, 3.05) is 0 Å². The molecule has 0 aliphatic carbocycles. The summed E-state index contributed by atoms with van der Waals surface area (Å²) in [5.41, 5.74) is 0. The summed E-state index contributed by atoms with van der Waals surface area (Å²) in [6.45, 7) is 0. The summed E-state index contributed by atoms with van der Waals surface area (Å²) in [5, 5.41) is 0. The van der Waals surface area contributed by atoms with Crippen LogP contribution in [0.5, 0.6) is 0 Å². The maximum absolute atomic E-state index is 8.06. The topological polar surface area (TPSA) is 17.1 Å². The Morgan fingerprint density at radius 2 is 1.17 bits per heavy atom. The summed E-state index contributed by atoms with van der Waals surface area (Å²) in [5.74, 6) is 0. The van der Waals surface area contributed by atoms with Crippen molar-refractivity contribution in [3.63, 3.8) is 0 Å². The molecule has 1 nitrogen and oxygen atoms in total. The monoisotopic (exact) mass is 160 g/mol. The van der Waals surface area contributed by atoms with Gasteiger partial charge in [-0.3, -0.25) is 0 Å². The molecule has 0 saturated heterocycles. The van der Waals surface area contributed by atoms with E-state index < -0.39 is 0 Å². The predicted molar refractivity (Wildman–Crippen MR) is 28.3 cm³/mol. The molecular weight excluding hydrogens is 159 g/mol. The molecule has 0 saturated carbocycles. The third-order valence-electron chi connectivity index (χ3n) is 0. The molecule has 0 atom stereocenters. The fraction of sp³-hybridized carbons (Fsp3) is 0. The van der Waals surface area contributed by atoms with Gasteiger partial charge in [0.25, 0.3) is 0 Å². The molecular formula is H2BLiOSSiZn. The van der Waals surface area contributed by atoms with Crippen LogP contribution in [0.25, 0.3) is 0 Å². The summed E-state index contributed by atoms with van der Waals surface area (Å²) in [6, 6.07) is 0. The largest absolute Gasteiger partial charge is 0.381 e. The Morgan fingerprint density at radius 1 is 1.17 bits per heavy atom. The zero-order valence-corrected chi connectivity index (χ0v) is 8.66. The van der Waals surface area contributed by atoms with Crippen molar-refractivity contribution in [1.29, 1.82) is 0 Å². The normalized spacial score (nSPS) is 0.667. The van der Waals surface area contributed by atoms with E-state index >= 15 is 0 Å². The molecule has 6 radical (unpaired) electrons. The Balaban J connectivity index is -0.000000000833. The Hall–Kier alpha value is 1.65. The van der Waals surface area contributed by atoms with Gasteiger partial charge in [-0.25, -0.2) is 0 Å². The van der Waals surface area contributed by atoms with Crippen LogP contribution in [0, 0.1) is 0 Å². The van der Waals surface area contributed by atoms with E-state index in [1.807, 2.05) is 0 Å². The second-order valence-corrected chi connectivity index (χ2v) is 0. The molecule has 0 spiro atoms. The van der Waals surface area contributed by atoms with E-state index in [1.165, 1.54) is 0 Å². The molecule has 0 aromatic heterocycles. The molecule has 0 amide bonds. The van der Waals surface area contributed by atoms with Crippen molar-refractivity contribution < 1.29 is 23.9 Å². The van der Waals surface area contributed by atoms with Crippen molar-refractivity contribution in [2.45, 2.75) is 0 Å². The van der Waals surface area contributed by atoms with Gasteiger partial charge in [-0.1, -0.05) is 0 Å². The van der Waals surface area contributed by atoms with Crippen LogP contribution in [0.3, 0.4) is 0 Å². The number of rotatable bonds is 0. The van der Waals surface area contributed by atoms with E-state index in [2.05, 4.69) is 0 Å². The molecule has 0 aliphatic heterocycles. The molecule has 0 aliphatic rings.